The normalized spacial score (nSPS) is 12.3. The van der Waals surface area contributed by atoms with Gasteiger partial charge in [0.15, 0.2) is 11.5 Å². The third-order valence-corrected chi connectivity index (χ3v) is 6.48. The van der Waals surface area contributed by atoms with Gasteiger partial charge in [-0.05, 0) is 49.6 Å². The van der Waals surface area contributed by atoms with Crippen LogP contribution in [-0.4, -0.2) is 14.2 Å². The molecule has 0 aliphatic heterocycles. The van der Waals surface area contributed by atoms with Crippen LogP contribution in [0.4, 0.5) is 0 Å². The molecule has 0 radical (unpaired) electrons. The summed E-state index contributed by atoms with van der Waals surface area (Å²) in [5, 5.41) is 0.552. The Morgan fingerprint density at radius 3 is 2.25 bits per heavy atom. The lowest BCUT2D eigenvalue weighted by molar-refractivity contribution is 0.354. The maximum Gasteiger partial charge on any atom is 0.162 e. The number of hydrogen-bond donors (Lipinski definition) is 1. The quantitative estimate of drug-likeness (QED) is 0.727. The number of thiophene rings is 1. The van der Waals surface area contributed by atoms with Crippen LogP contribution in [0.5, 0.6) is 11.5 Å². The molecule has 0 bridgehead atoms. The fourth-order valence-corrected chi connectivity index (χ4v) is 4.16. The van der Waals surface area contributed by atoms with Crippen molar-refractivity contribution in [2.45, 2.75) is 6.04 Å². The molecule has 1 atom stereocenters. The van der Waals surface area contributed by atoms with Crippen LogP contribution < -0.4 is 15.2 Å². The summed E-state index contributed by atoms with van der Waals surface area (Å²) in [6.07, 6.45) is 0. The molecule has 2 rings (SSSR count). The molecule has 0 aliphatic rings. The van der Waals surface area contributed by atoms with Crippen molar-refractivity contribution in [3.63, 3.8) is 0 Å². The summed E-state index contributed by atoms with van der Waals surface area (Å²) < 4.78 is 12.5. The average Bonchev–Trinajstić information content (AvgIpc) is 2.77. The van der Waals surface area contributed by atoms with Gasteiger partial charge >= 0.3 is 0 Å². The van der Waals surface area contributed by atoms with Gasteiger partial charge in [-0.1, -0.05) is 11.6 Å². The van der Waals surface area contributed by atoms with Gasteiger partial charge in [-0.15, -0.1) is 11.3 Å². The minimum absolute atomic E-state index is 0.324. The Balaban J connectivity index is 2.46. The highest BCUT2D eigenvalue weighted by atomic mass is 79.9. The Kier molecular flexibility index (Phi) is 5.36. The summed E-state index contributed by atoms with van der Waals surface area (Å²) >= 11 is 14.8. The molecule has 7 heteroatoms. The Morgan fingerprint density at radius 2 is 1.75 bits per heavy atom. The predicted molar refractivity (Wildman–Crippen MR) is 90.3 cm³/mol. The highest BCUT2D eigenvalue weighted by molar-refractivity contribution is 9.13. The Labute approximate surface area is 143 Å². The standard InChI is InChI=1S/C13H12Br2ClNO2S/c1-18-9-3-6(8(16)5-10(9)19-2)12(17)11-4-7(14)13(15)20-11/h3-5,12H,17H2,1-2H3. The number of rotatable bonds is 4. The molecule has 0 aliphatic carbocycles. The van der Waals surface area contributed by atoms with E-state index in [1.54, 1.807) is 31.6 Å². The summed E-state index contributed by atoms with van der Waals surface area (Å²) in [6, 6.07) is 5.18. The molecule has 1 unspecified atom stereocenters. The smallest absolute Gasteiger partial charge is 0.162 e. The molecule has 2 aromatic rings. The Bertz CT molecular complexity index is 614. The summed E-state index contributed by atoms with van der Waals surface area (Å²) in [5.74, 6) is 1.19. The predicted octanol–water partition coefficient (Wildman–Crippen LogP) is 4.99. The number of hydrogen-bond acceptors (Lipinski definition) is 4. The van der Waals surface area contributed by atoms with Crippen LogP contribution in [0.2, 0.25) is 5.02 Å². The first-order chi connectivity index (χ1) is 9.47. The van der Waals surface area contributed by atoms with Gasteiger partial charge in [0, 0.05) is 20.4 Å². The van der Waals surface area contributed by atoms with Gasteiger partial charge in [-0.25, -0.2) is 0 Å². The fraction of sp³-hybridized carbons (Fsp3) is 0.231. The van der Waals surface area contributed by atoms with E-state index in [4.69, 9.17) is 26.8 Å². The number of methoxy groups -OCH3 is 2. The summed E-state index contributed by atoms with van der Waals surface area (Å²) in [4.78, 5) is 0.998. The monoisotopic (exact) mass is 439 g/mol. The lowest BCUT2D eigenvalue weighted by atomic mass is 10.1. The molecule has 0 fully saturated rings. The van der Waals surface area contributed by atoms with Gasteiger partial charge in [0.05, 0.1) is 24.0 Å². The van der Waals surface area contributed by atoms with Crippen LogP contribution in [-0.2, 0) is 0 Å². The van der Waals surface area contributed by atoms with Crippen LogP contribution in [0.25, 0.3) is 0 Å². The van der Waals surface area contributed by atoms with E-state index < -0.39 is 0 Å². The van der Waals surface area contributed by atoms with Crippen molar-refractivity contribution in [2.75, 3.05) is 14.2 Å². The van der Waals surface area contributed by atoms with E-state index in [-0.39, 0.29) is 6.04 Å². The largest absolute Gasteiger partial charge is 0.493 e. The van der Waals surface area contributed by atoms with Crippen LogP contribution >= 0.6 is 54.8 Å². The summed E-state index contributed by atoms with van der Waals surface area (Å²) in [6.45, 7) is 0. The Hall–Kier alpha value is -0.270. The lowest BCUT2D eigenvalue weighted by Gasteiger charge is -2.15. The number of halogens is 3. The van der Waals surface area contributed by atoms with Crippen molar-refractivity contribution < 1.29 is 9.47 Å². The molecular formula is C13H12Br2ClNO2S. The third-order valence-electron chi connectivity index (χ3n) is 2.81. The van der Waals surface area contributed by atoms with Crippen molar-refractivity contribution in [1.82, 2.24) is 0 Å². The zero-order valence-electron chi connectivity index (χ0n) is 10.7. The van der Waals surface area contributed by atoms with E-state index in [1.807, 2.05) is 12.1 Å². The number of benzene rings is 1. The molecule has 1 heterocycles. The van der Waals surface area contributed by atoms with Crippen LogP contribution in [0, 0.1) is 0 Å². The first-order valence-corrected chi connectivity index (χ1v) is 8.37. The maximum atomic E-state index is 6.30. The molecule has 0 amide bonds. The SMILES string of the molecule is COc1cc(Cl)c(C(N)c2cc(Br)c(Br)s2)cc1OC. The van der Waals surface area contributed by atoms with E-state index in [2.05, 4.69) is 31.9 Å². The Morgan fingerprint density at radius 1 is 1.15 bits per heavy atom. The fourth-order valence-electron chi connectivity index (χ4n) is 1.78. The van der Waals surface area contributed by atoms with E-state index in [0.29, 0.717) is 16.5 Å². The molecule has 20 heavy (non-hydrogen) atoms. The first-order valence-electron chi connectivity index (χ1n) is 5.59. The second-order valence-corrected chi connectivity index (χ2v) is 7.64. The van der Waals surface area contributed by atoms with Crippen molar-refractivity contribution in [3.8, 4) is 11.5 Å². The minimum atomic E-state index is -0.324. The molecule has 108 valence electrons. The molecular weight excluding hydrogens is 429 g/mol. The first kappa shape index (κ1) is 16.1. The van der Waals surface area contributed by atoms with Gasteiger partial charge in [-0.2, -0.15) is 0 Å². The van der Waals surface area contributed by atoms with E-state index in [9.17, 15) is 0 Å². The third kappa shape index (κ3) is 3.14. The van der Waals surface area contributed by atoms with Crippen LogP contribution in [0.3, 0.4) is 0 Å². The van der Waals surface area contributed by atoms with Gasteiger partial charge in [0.1, 0.15) is 0 Å². The van der Waals surface area contributed by atoms with Crippen molar-refractivity contribution >= 4 is 54.8 Å². The highest BCUT2D eigenvalue weighted by Gasteiger charge is 2.19. The second-order valence-electron chi connectivity index (χ2n) is 3.98. The average molecular weight is 442 g/mol. The molecule has 1 aromatic carbocycles. The molecule has 0 saturated heterocycles. The minimum Gasteiger partial charge on any atom is -0.493 e. The maximum absolute atomic E-state index is 6.30. The van der Waals surface area contributed by atoms with Gasteiger partial charge in [-0.3, -0.25) is 0 Å². The van der Waals surface area contributed by atoms with Crippen LogP contribution in [0.15, 0.2) is 26.5 Å². The number of nitrogens with two attached hydrogens (primary N) is 1. The van der Waals surface area contributed by atoms with Gasteiger partial charge in [0.25, 0.3) is 0 Å². The molecule has 3 nitrogen and oxygen atoms in total. The molecule has 0 spiro atoms. The number of ether oxygens (including phenoxy) is 2. The van der Waals surface area contributed by atoms with Gasteiger partial charge < -0.3 is 15.2 Å². The lowest BCUT2D eigenvalue weighted by Crippen LogP contribution is -2.11. The van der Waals surface area contributed by atoms with E-state index in [0.717, 1.165) is 18.7 Å². The van der Waals surface area contributed by atoms with Crippen molar-refractivity contribution in [2.24, 2.45) is 5.73 Å². The molecule has 2 N–H and O–H groups in total. The van der Waals surface area contributed by atoms with Crippen molar-refractivity contribution in [3.05, 3.63) is 41.9 Å². The second kappa shape index (κ2) is 6.66. The van der Waals surface area contributed by atoms with Gasteiger partial charge in [0.2, 0.25) is 0 Å². The van der Waals surface area contributed by atoms with E-state index in [1.165, 1.54) is 0 Å². The highest BCUT2D eigenvalue weighted by Crippen LogP contribution is 2.41. The summed E-state index contributed by atoms with van der Waals surface area (Å²) in [7, 11) is 3.15. The topological polar surface area (TPSA) is 44.5 Å². The zero-order valence-corrected chi connectivity index (χ0v) is 15.5. The van der Waals surface area contributed by atoms with E-state index >= 15 is 0 Å². The summed E-state index contributed by atoms with van der Waals surface area (Å²) in [5.41, 5.74) is 7.10. The zero-order chi connectivity index (χ0) is 14.9. The van der Waals surface area contributed by atoms with Crippen molar-refractivity contribution in [1.29, 1.82) is 0 Å². The van der Waals surface area contributed by atoms with Crippen LogP contribution in [0.1, 0.15) is 16.5 Å². The molecule has 1 aromatic heterocycles. The molecule has 0 saturated carbocycles.